The minimum absolute atomic E-state index is 0.109. The normalized spacial score (nSPS) is 13.6. The van der Waals surface area contributed by atoms with Gasteiger partial charge in [-0.1, -0.05) is 0 Å². The number of hydrogen-bond donors (Lipinski definition) is 6. The van der Waals surface area contributed by atoms with Crippen LogP contribution < -0.4 is 22.1 Å². The zero-order valence-corrected chi connectivity index (χ0v) is 14.5. The van der Waals surface area contributed by atoms with Gasteiger partial charge in [-0.05, 0) is 19.9 Å². The van der Waals surface area contributed by atoms with Gasteiger partial charge in [0.15, 0.2) is 0 Å². The van der Waals surface area contributed by atoms with Crippen molar-refractivity contribution in [3.8, 4) is 0 Å². The van der Waals surface area contributed by atoms with Gasteiger partial charge in [-0.3, -0.25) is 9.59 Å². The molecule has 2 amide bonds. The van der Waals surface area contributed by atoms with E-state index in [9.17, 15) is 19.8 Å². The molecule has 0 rings (SSSR count). The largest absolute Gasteiger partial charge is 0.392 e. The molecule has 9 nitrogen and oxygen atoms in total. The van der Waals surface area contributed by atoms with Crippen LogP contribution in [0.2, 0.25) is 0 Å². The fourth-order valence-electron chi connectivity index (χ4n) is 1.89. The first-order valence-electron chi connectivity index (χ1n) is 8.37. The lowest BCUT2D eigenvalue weighted by atomic mass is 10.2. The molecule has 0 saturated heterocycles. The van der Waals surface area contributed by atoms with Crippen molar-refractivity contribution in [3.05, 3.63) is 0 Å². The predicted octanol–water partition coefficient (Wildman–Crippen LogP) is -2.65. The van der Waals surface area contributed by atoms with Crippen LogP contribution in [0.4, 0.5) is 0 Å². The molecule has 0 aromatic carbocycles. The third-order valence-electron chi connectivity index (χ3n) is 3.58. The molecular weight excluding hydrogens is 314 g/mol. The SMILES string of the molecule is CN(CCNC(=O)CCC(O)CN)CCNC(=O)CCC(O)CN. The Hall–Kier alpha value is -1.26. The van der Waals surface area contributed by atoms with Gasteiger partial charge in [0.1, 0.15) is 0 Å². The molecule has 0 aromatic rings. The number of aliphatic hydroxyl groups excluding tert-OH is 2. The van der Waals surface area contributed by atoms with Gasteiger partial charge in [-0.25, -0.2) is 0 Å². The molecule has 0 aliphatic rings. The lowest BCUT2D eigenvalue weighted by Gasteiger charge is -2.17. The average Bonchev–Trinajstić information content (AvgIpc) is 2.57. The Kier molecular flexibility index (Phi) is 13.4. The van der Waals surface area contributed by atoms with Crippen molar-refractivity contribution in [2.24, 2.45) is 11.5 Å². The summed E-state index contributed by atoms with van der Waals surface area (Å²) in [5.74, 6) is -0.217. The van der Waals surface area contributed by atoms with Gasteiger partial charge in [0.05, 0.1) is 12.2 Å². The minimum atomic E-state index is -0.631. The molecule has 2 unspecified atom stereocenters. The van der Waals surface area contributed by atoms with Gasteiger partial charge in [-0.15, -0.1) is 0 Å². The lowest BCUT2D eigenvalue weighted by molar-refractivity contribution is -0.122. The van der Waals surface area contributed by atoms with Crippen molar-refractivity contribution in [3.63, 3.8) is 0 Å². The van der Waals surface area contributed by atoms with Crippen molar-refractivity contribution in [2.75, 3.05) is 46.3 Å². The molecule has 0 heterocycles. The Bertz CT molecular complexity index is 325. The predicted molar refractivity (Wildman–Crippen MR) is 92.1 cm³/mol. The second-order valence-electron chi connectivity index (χ2n) is 5.86. The molecule has 0 bridgehead atoms. The number of likely N-dealkylation sites (N-methyl/N-ethyl adjacent to an activating group) is 1. The number of rotatable bonds is 14. The van der Waals surface area contributed by atoms with Gasteiger partial charge in [0.25, 0.3) is 0 Å². The maximum absolute atomic E-state index is 11.5. The van der Waals surface area contributed by atoms with Crippen LogP contribution in [0.1, 0.15) is 25.7 Å². The summed E-state index contributed by atoms with van der Waals surface area (Å²) in [4.78, 5) is 25.1. The molecule has 0 radical (unpaired) electrons. The molecule has 8 N–H and O–H groups in total. The van der Waals surface area contributed by atoms with Crippen LogP contribution in [-0.2, 0) is 9.59 Å². The van der Waals surface area contributed by atoms with E-state index in [0.29, 0.717) is 39.0 Å². The maximum atomic E-state index is 11.5. The third kappa shape index (κ3) is 13.2. The van der Waals surface area contributed by atoms with Gasteiger partial charge >= 0.3 is 0 Å². The molecule has 0 aliphatic carbocycles. The number of carbonyl (C=O) groups excluding carboxylic acids is 2. The smallest absolute Gasteiger partial charge is 0.220 e. The van der Waals surface area contributed by atoms with Gasteiger partial charge in [0, 0.05) is 52.1 Å². The van der Waals surface area contributed by atoms with Crippen molar-refractivity contribution in [2.45, 2.75) is 37.9 Å². The number of carbonyl (C=O) groups is 2. The molecule has 142 valence electrons. The molecule has 0 saturated carbocycles. The van der Waals surface area contributed by atoms with Crippen LogP contribution in [0, 0.1) is 0 Å². The van der Waals surface area contributed by atoms with Gasteiger partial charge in [0.2, 0.25) is 11.8 Å². The molecule has 2 atom stereocenters. The molecular formula is C15H33N5O4. The summed E-state index contributed by atoms with van der Waals surface area (Å²) >= 11 is 0. The zero-order valence-electron chi connectivity index (χ0n) is 14.5. The van der Waals surface area contributed by atoms with Gasteiger partial charge in [-0.2, -0.15) is 0 Å². The summed E-state index contributed by atoms with van der Waals surface area (Å²) in [5.41, 5.74) is 10.5. The fourth-order valence-corrected chi connectivity index (χ4v) is 1.89. The molecule has 0 aliphatic heterocycles. The number of nitrogens with two attached hydrogens (primary N) is 2. The Morgan fingerprint density at radius 2 is 1.29 bits per heavy atom. The van der Waals surface area contributed by atoms with E-state index < -0.39 is 12.2 Å². The summed E-state index contributed by atoms with van der Waals surface area (Å²) in [6.07, 6.45) is -0.0212. The zero-order chi connectivity index (χ0) is 18.4. The fraction of sp³-hybridized carbons (Fsp3) is 0.867. The van der Waals surface area contributed by atoms with Crippen LogP contribution in [0.3, 0.4) is 0 Å². The first-order valence-corrected chi connectivity index (χ1v) is 8.37. The Labute approximate surface area is 143 Å². The summed E-state index contributed by atoms with van der Waals surface area (Å²) in [6, 6.07) is 0. The summed E-state index contributed by atoms with van der Waals surface area (Å²) in [5, 5.41) is 24.1. The van der Waals surface area contributed by atoms with Crippen LogP contribution in [0.15, 0.2) is 0 Å². The quantitative estimate of drug-likeness (QED) is 0.201. The lowest BCUT2D eigenvalue weighted by Crippen LogP contribution is -2.38. The highest BCUT2D eigenvalue weighted by Gasteiger charge is 2.08. The van der Waals surface area contributed by atoms with E-state index >= 15 is 0 Å². The van der Waals surface area contributed by atoms with Crippen molar-refractivity contribution in [1.82, 2.24) is 15.5 Å². The highest BCUT2D eigenvalue weighted by atomic mass is 16.3. The molecule has 9 heteroatoms. The van der Waals surface area contributed by atoms with E-state index in [-0.39, 0.29) is 37.7 Å². The van der Waals surface area contributed by atoms with Crippen molar-refractivity contribution >= 4 is 11.8 Å². The van der Waals surface area contributed by atoms with Crippen molar-refractivity contribution < 1.29 is 19.8 Å². The molecule has 0 aromatic heterocycles. The average molecular weight is 347 g/mol. The van der Waals surface area contributed by atoms with Gasteiger partial charge < -0.3 is 37.2 Å². The summed E-state index contributed by atoms with van der Waals surface area (Å²) < 4.78 is 0. The first-order chi connectivity index (χ1) is 11.4. The Morgan fingerprint density at radius 1 is 0.917 bits per heavy atom. The number of aliphatic hydroxyl groups is 2. The molecule has 24 heavy (non-hydrogen) atoms. The van der Waals surface area contributed by atoms with E-state index in [0.717, 1.165) is 0 Å². The van der Waals surface area contributed by atoms with Crippen LogP contribution in [-0.4, -0.2) is 85.5 Å². The van der Waals surface area contributed by atoms with E-state index in [1.54, 1.807) is 0 Å². The third-order valence-corrected chi connectivity index (χ3v) is 3.58. The first kappa shape index (κ1) is 22.7. The van der Waals surface area contributed by atoms with E-state index in [2.05, 4.69) is 10.6 Å². The highest BCUT2D eigenvalue weighted by molar-refractivity contribution is 5.76. The number of nitrogens with zero attached hydrogens (tertiary/aromatic N) is 1. The second-order valence-corrected chi connectivity index (χ2v) is 5.86. The number of amides is 2. The van der Waals surface area contributed by atoms with E-state index in [1.807, 2.05) is 11.9 Å². The highest BCUT2D eigenvalue weighted by Crippen LogP contribution is 1.95. The topological polar surface area (TPSA) is 154 Å². The molecule has 0 spiro atoms. The molecule has 0 fully saturated rings. The second kappa shape index (κ2) is 14.1. The maximum Gasteiger partial charge on any atom is 0.220 e. The summed E-state index contributed by atoms with van der Waals surface area (Å²) in [7, 11) is 1.90. The van der Waals surface area contributed by atoms with Crippen molar-refractivity contribution in [1.29, 1.82) is 0 Å². The van der Waals surface area contributed by atoms with E-state index in [4.69, 9.17) is 11.5 Å². The Balaban J connectivity index is 3.60. The minimum Gasteiger partial charge on any atom is -0.392 e. The Morgan fingerprint density at radius 3 is 1.62 bits per heavy atom. The van der Waals surface area contributed by atoms with Crippen LogP contribution >= 0.6 is 0 Å². The standard InChI is InChI=1S/C15H33N5O4/c1-20(8-6-18-14(23)4-2-12(21)10-16)9-7-19-15(24)5-3-13(22)11-17/h12-13,21-22H,2-11,16-17H2,1H3,(H,18,23)(H,19,24). The summed E-state index contributed by atoms with van der Waals surface area (Å²) in [6.45, 7) is 2.65. The van der Waals surface area contributed by atoms with E-state index in [1.165, 1.54) is 0 Å². The van der Waals surface area contributed by atoms with Crippen LogP contribution in [0.25, 0.3) is 0 Å². The number of nitrogens with one attached hydrogen (secondary N) is 2. The number of hydrogen-bond acceptors (Lipinski definition) is 7. The van der Waals surface area contributed by atoms with Crippen LogP contribution in [0.5, 0.6) is 0 Å². The monoisotopic (exact) mass is 347 g/mol.